The summed E-state index contributed by atoms with van der Waals surface area (Å²) in [6, 6.07) is 14.6. The Kier molecular flexibility index (Phi) is 8.14. The lowest BCUT2D eigenvalue weighted by atomic mass is 10.0. The normalized spacial score (nSPS) is 12.0. The van der Waals surface area contributed by atoms with Crippen LogP contribution in [-0.4, -0.2) is 34.1 Å². The van der Waals surface area contributed by atoms with Crippen molar-refractivity contribution >= 4 is 55.6 Å². The van der Waals surface area contributed by atoms with Crippen LogP contribution >= 0.6 is 43.5 Å². The minimum absolute atomic E-state index is 0.0779. The number of phenolic OH excluding ortho intramolecular Hbond substituents is 1. The number of aliphatic hydroxyl groups is 1. The molecule has 0 amide bonds. The number of hydrogen-bond acceptors (Lipinski definition) is 6. The second kappa shape index (κ2) is 10.8. The predicted molar refractivity (Wildman–Crippen MR) is 127 cm³/mol. The summed E-state index contributed by atoms with van der Waals surface area (Å²) in [4.78, 5) is 15.1. The number of oxime groups is 1. The van der Waals surface area contributed by atoms with Gasteiger partial charge in [-0.2, -0.15) is 0 Å². The molecule has 1 unspecified atom stereocenters. The molecule has 0 aliphatic carbocycles. The number of aliphatic hydroxyl groups excluding tert-OH is 1. The summed E-state index contributed by atoms with van der Waals surface area (Å²) in [5.74, 6) is -0.363. The van der Waals surface area contributed by atoms with Crippen LogP contribution in [0.5, 0.6) is 17.2 Å². The van der Waals surface area contributed by atoms with Crippen LogP contribution in [0, 0.1) is 0 Å². The van der Waals surface area contributed by atoms with Gasteiger partial charge in [-0.25, -0.2) is 4.79 Å². The van der Waals surface area contributed by atoms with E-state index >= 15 is 0 Å². The van der Waals surface area contributed by atoms with Gasteiger partial charge in [0.1, 0.15) is 17.6 Å². The van der Waals surface area contributed by atoms with Gasteiger partial charge in [-0.1, -0.05) is 28.9 Å². The molecule has 0 bridgehead atoms. The highest BCUT2D eigenvalue weighted by Crippen LogP contribution is 2.40. The molecule has 3 N–H and O–H groups in total. The predicted octanol–water partition coefficient (Wildman–Crippen LogP) is 5.88. The third-order valence-corrected chi connectivity index (χ3v) is 5.61. The summed E-state index contributed by atoms with van der Waals surface area (Å²) in [5, 5.41) is 33.6. The largest absolute Gasteiger partial charge is 0.508 e. The van der Waals surface area contributed by atoms with Crippen molar-refractivity contribution < 1.29 is 29.7 Å². The lowest BCUT2D eigenvalue weighted by molar-refractivity contribution is -0.142. The zero-order valence-corrected chi connectivity index (χ0v) is 20.1. The number of halogens is 3. The molecule has 0 spiro atoms. The van der Waals surface area contributed by atoms with Crippen LogP contribution in [0.2, 0.25) is 5.02 Å². The number of aliphatic carboxylic acids is 1. The topological polar surface area (TPSA) is 109 Å². The van der Waals surface area contributed by atoms with Crippen molar-refractivity contribution in [2.75, 3.05) is 6.61 Å². The van der Waals surface area contributed by atoms with Crippen molar-refractivity contribution in [3.05, 3.63) is 85.3 Å². The second-order valence-corrected chi connectivity index (χ2v) is 8.64. The van der Waals surface area contributed by atoms with Crippen LogP contribution in [0.3, 0.4) is 0 Å². The van der Waals surface area contributed by atoms with Crippen molar-refractivity contribution in [2.24, 2.45) is 5.16 Å². The van der Waals surface area contributed by atoms with Crippen molar-refractivity contribution in [1.82, 2.24) is 0 Å². The first-order valence-corrected chi connectivity index (χ1v) is 11.0. The molecule has 10 heteroatoms. The summed E-state index contributed by atoms with van der Waals surface area (Å²) in [7, 11) is 0. The second-order valence-electron chi connectivity index (χ2n) is 6.49. The molecule has 0 aromatic heterocycles. The standard InChI is InChI=1S/C22H16Br2ClNO6/c23-17-7-12(10-26-31-11-20(28)29)8-18(24)22(17)32-15-5-6-19(27)16(9-15)21(30)13-1-3-14(25)4-2-13/h1-10,21,27,30H,11H2,(H,28,29)/b26-10-. The van der Waals surface area contributed by atoms with Gasteiger partial charge in [0.2, 0.25) is 6.61 Å². The summed E-state index contributed by atoms with van der Waals surface area (Å²) in [5.41, 5.74) is 1.47. The van der Waals surface area contributed by atoms with Gasteiger partial charge in [0.05, 0.1) is 15.2 Å². The average molecular weight is 586 g/mol. The van der Waals surface area contributed by atoms with E-state index in [1.807, 2.05) is 0 Å². The van der Waals surface area contributed by atoms with Crippen LogP contribution in [0.1, 0.15) is 22.8 Å². The molecule has 0 aliphatic rings. The molecule has 0 heterocycles. The summed E-state index contributed by atoms with van der Waals surface area (Å²) < 4.78 is 7.13. The molecule has 0 saturated heterocycles. The highest BCUT2D eigenvalue weighted by Gasteiger charge is 2.17. The first kappa shape index (κ1) is 24.1. The van der Waals surface area contributed by atoms with E-state index in [4.69, 9.17) is 21.4 Å². The summed E-state index contributed by atoms with van der Waals surface area (Å²) in [6.07, 6.45) is 0.288. The number of ether oxygens (including phenoxy) is 1. The van der Waals surface area contributed by atoms with Crippen molar-refractivity contribution in [2.45, 2.75) is 6.10 Å². The van der Waals surface area contributed by atoms with Gasteiger partial charge in [0.15, 0.2) is 5.75 Å². The Balaban J connectivity index is 1.82. The van der Waals surface area contributed by atoms with Gasteiger partial charge < -0.3 is 24.9 Å². The Bertz CT molecular complexity index is 1130. The molecule has 0 aliphatic heterocycles. The van der Waals surface area contributed by atoms with Gasteiger partial charge in [-0.15, -0.1) is 0 Å². The molecule has 3 rings (SSSR count). The lowest BCUT2D eigenvalue weighted by Crippen LogP contribution is -2.03. The van der Waals surface area contributed by atoms with Crippen molar-refractivity contribution in [3.8, 4) is 17.2 Å². The van der Waals surface area contributed by atoms with E-state index in [0.717, 1.165) is 0 Å². The average Bonchev–Trinajstić information content (AvgIpc) is 2.75. The molecule has 3 aromatic rings. The van der Waals surface area contributed by atoms with Crippen LogP contribution in [0.25, 0.3) is 0 Å². The zero-order valence-electron chi connectivity index (χ0n) is 16.2. The number of phenols is 1. The maximum atomic E-state index is 10.7. The summed E-state index contributed by atoms with van der Waals surface area (Å²) >= 11 is 12.8. The number of benzene rings is 3. The van der Waals surface area contributed by atoms with Gasteiger partial charge in [-0.3, -0.25) is 0 Å². The van der Waals surface area contributed by atoms with E-state index in [2.05, 4.69) is 41.9 Å². The minimum Gasteiger partial charge on any atom is -0.508 e. The van der Waals surface area contributed by atoms with E-state index in [9.17, 15) is 15.0 Å². The Morgan fingerprint density at radius 2 is 1.75 bits per heavy atom. The molecule has 32 heavy (non-hydrogen) atoms. The van der Waals surface area contributed by atoms with E-state index < -0.39 is 18.7 Å². The van der Waals surface area contributed by atoms with Gasteiger partial charge >= 0.3 is 5.97 Å². The number of nitrogens with zero attached hydrogens (tertiary/aromatic N) is 1. The molecule has 3 aromatic carbocycles. The Morgan fingerprint density at radius 1 is 1.09 bits per heavy atom. The Hall–Kier alpha value is -2.59. The first-order chi connectivity index (χ1) is 15.2. The van der Waals surface area contributed by atoms with E-state index in [1.165, 1.54) is 12.3 Å². The van der Waals surface area contributed by atoms with Gasteiger partial charge in [0.25, 0.3) is 0 Å². The van der Waals surface area contributed by atoms with Gasteiger partial charge in [-0.05, 0) is 85.5 Å². The molecular formula is C22H16Br2ClNO6. The van der Waals surface area contributed by atoms with Crippen LogP contribution < -0.4 is 4.74 Å². The fourth-order valence-corrected chi connectivity index (χ4v) is 4.21. The molecule has 0 radical (unpaired) electrons. The number of carboxylic acid groups (broad SMARTS) is 1. The van der Waals surface area contributed by atoms with Crippen LogP contribution in [0.15, 0.2) is 68.7 Å². The smallest absolute Gasteiger partial charge is 0.344 e. The van der Waals surface area contributed by atoms with Crippen molar-refractivity contribution in [3.63, 3.8) is 0 Å². The van der Waals surface area contributed by atoms with Crippen LogP contribution in [0.4, 0.5) is 0 Å². The molecule has 166 valence electrons. The van der Waals surface area contributed by atoms with E-state index in [0.29, 0.717) is 36.6 Å². The number of aromatic hydroxyl groups is 1. The number of carbonyl (C=O) groups is 1. The first-order valence-electron chi connectivity index (χ1n) is 9.05. The number of carboxylic acids is 1. The minimum atomic E-state index is -1.12. The Morgan fingerprint density at radius 3 is 2.38 bits per heavy atom. The molecule has 1 atom stereocenters. The molecule has 0 saturated carbocycles. The maximum Gasteiger partial charge on any atom is 0.344 e. The Labute approximate surface area is 205 Å². The van der Waals surface area contributed by atoms with Crippen LogP contribution in [-0.2, 0) is 9.63 Å². The summed E-state index contributed by atoms with van der Waals surface area (Å²) in [6.45, 7) is -0.537. The zero-order chi connectivity index (χ0) is 23.3. The fourth-order valence-electron chi connectivity index (χ4n) is 2.70. The highest BCUT2D eigenvalue weighted by molar-refractivity contribution is 9.11. The van der Waals surface area contributed by atoms with Gasteiger partial charge in [0, 0.05) is 10.6 Å². The third kappa shape index (κ3) is 6.23. The van der Waals surface area contributed by atoms with Crippen molar-refractivity contribution in [1.29, 1.82) is 0 Å². The fraction of sp³-hybridized carbons (Fsp3) is 0.0909. The number of hydrogen-bond donors (Lipinski definition) is 3. The maximum absolute atomic E-state index is 10.7. The molecule has 7 nitrogen and oxygen atoms in total. The van der Waals surface area contributed by atoms with E-state index in [-0.39, 0.29) is 11.3 Å². The monoisotopic (exact) mass is 583 g/mol. The van der Waals surface area contributed by atoms with E-state index in [1.54, 1.807) is 48.5 Å². The highest BCUT2D eigenvalue weighted by atomic mass is 79.9. The quantitative estimate of drug-likeness (QED) is 0.225. The number of rotatable bonds is 8. The molecule has 0 fully saturated rings. The lowest BCUT2D eigenvalue weighted by Gasteiger charge is -2.16. The SMILES string of the molecule is O=C(O)CO/N=C\c1cc(Br)c(Oc2ccc(O)c(C(O)c3ccc(Cl)cc3)c2)c(Br)c1. The third-order valence-electron chi connectivity index (χ3n) is 4.18. The molecular weight excluding hydrogens is 570 g/mol.